The van der Waals surface area contributed by atoms with Crippen molar-refractivity contribution in [3.05, 3.63) is 48.5 Å². The van der Waals surface area contributed by atoms with E-state index >= 15 is 0 Å². The quantitative estimate of drug-likeness (QED) is 0.687. The van der Waals surface area contributed by atoms with Crippen LogP contribution in [0.25, 0.3) is 0 Å². The Labute approximate surface area is 164 Å². The van der Waals surface area contributed by atoms with Gasteiger partial charge in [-0.3, -0.25) is 9.69 Å². The molecule has 0 spiro atoms. The SMILES string of the molecule is C[N+]1(CC(=O)N2c3ccccc3Sc3ccccc32)CCCCC1.[Br-]. The summed E-state index contributed by atoms with van der Waals surface area (Å²) >= 11 is 1.75. The van der Waals surface area contributed by atoms with Crippen LogP contribution in [-0.4, -0.2) is 37.1 Å². The summed E-state index contributed by atoms with van der Waals surface area (Å²) in [7, 11) is 2.23. The second-order valence-electron chi connectivity index (χ2n) is 7.05. The Hall–Kier alpha value is -1.30. The van der Waals surface area contributed by atoms with E-state index in [9.17, 15) is 4.79 Å². The molecule has 0 atom stereocenters. The van der Waals surface area contributed by atoms with Crippen molar-refractivity contribution >= 4 is 29.0 Å². The third-order valence-electron chi connectivity index (χ3n) is 5.09. The molecule has 0 unspecified atom stereocenters. The Morgan fingerprint density at radius 3 is 2.04 bits per heavy atom. The third-order valence-corrected chi connectivity index (χ3v) is 6.22. The lowest BCUT2D eigenvalue weighted by molar-refractivity contribution is -0.906. The van der Waals surface area contributed by atoms with E-state index in [2.05, 4.69) is 31.3 Å². The van der Waals surface area contributed by atoms with Crippen LogP contribution in [0.4, 0.5) is 11.4 Å². The molecule has 0 aliphatic carbocycles. The summed E-state index contributed by atoms with van der Waals surface area (Å²) in [6.45, 7) is 2.79. The maximum Gasteiger partial charge on any atom is 0.286 e. The van der Waals surface area contributed by atoms with Crippen molar-refractivity contribution in [1.29, 1.82) is 0 Å². The fraction of sp³-hybridized carbons (Fsp3) is 0.350. The number of rotatable bonds is 2. The Morgan fingerprint density at radius 1 is 0.960 bits per heavy atom. The van der Waals surface area contributed by atoms with Crippen LogP contribution in [0.3, 0.4) is 0 Å². The number of nitrogens with zero attached hydrogens (tertiary/aromatic N) is 2. The number of amides is 1. The van der Waals surface area contributed by atoms with E-state index in [1.807, 2.05) is 29.2 Å². The van der Waals surface area contributed by atoms with Crippen LogP contribution in [-0.2, 0) is 4.79 Å². The molecule has 0 aromatic heterocycles. The minimum absolute atomic E-state index is 0. The summed E-state index contributed by atoms with van der Waals surface area (Å²) in [5.41, 5.74) is 2.05. The normalized spacial score (nSPS) is 17.9. The second kappa shape index (κ2) is 7.52. The van der Waals surface area contributed by atoms with Crippen molar-refractivity contribution in [2.75, 3.05) is 31.6 Å². The number of halogens is 1. The fourth-order valence-electron chi connectivity index (χ4n) is 3.80. The number of carbonyl (C=O) groups excluding carboxylic acids is 1. The number of anilines is 2. The number of hydrogen-bond acceptors (Lipinski definition) is 2. The zero-order chi connectivity index (χ0) is 16.6. The van der Waals surface area contributed by atoms with E-state index < -0.39 is 0 Å². The molecule has 2 aliphatic heterocycles. The Morgan fingerprint density at radius 2 is 1.48 bits per heavy atom. The molecule has 5 heteroatoms. The first-order chi connectivity index (χ1) is 11.7. The van der Waals surface area contributed by atoms with Gasteiger partial charge in [-0.15, -0.1) is 0 Å². The van der Waals surface area contributed by atoms with Crippen molar-refractivity contribution in [1.82, 2.24) is 0 Å². The van der Waals surface area contributed by atoms with Gasteiger partial charge >= 0.3 is 0 Å². The summed E-state index contributed by atoms with van der Waals surface area (Å²) in [4.78, 5) is 17.6. The van der Waals surface area contributed by atoms with Crippen LogP contribution in [0.2, 0.25) is 0 Å². The molecule has 25 heavy (non-hydrogen) atoms. The zero-order valence-electron chi connectivity index (χ0n) is 14.5. The molecule has 1 saturated heterocycles. The molecule has 2 aromatic rings. The van der Waals surface area contributed by atoms with Gasteiger partial charge in [0, 0.05) is 9.79 Å². The van der Waals surface area contributed by atoms with E-state index in [4.69, 9.17) is 0 Å². The molecule has 4 rings (SSSR count). The molecular weight excluding hydrogens is 396 g/mol. The number of para-hydroxylation sites is 2. The maximum atomic E-state index is 13.3. The van der Waals surface area contributed by atoms with E-state index in [-0.39, 0.29) is 22.9 Å². The minimum Gasteiger partial charge on any atom is -1.00 e. The molecular formula is C20H23BrN2OS. The molecule has 2 aliphatic rings. The Bertz CT molecular complexity index is 728. The molecule has 132 valence electrons. The molecule has 0 N–H and O–H groups in total. The summed E-state index contributed by atoms with van der Waals surface area (Å²) in [6.07, 6.45) is 3.76. The van der Waals surface area contributed by atoms with E-state index in [1.165, 1.54) is 19.3 Å². The lowest BCUT2D eigenvalue weighted by atomic mass is 10.1. The highest BCUT2D eigenvalue weighted by Gasteiger charge is 2.34. The number of quaternary nitrogens is 1. The van der Waals surface area contributed by atoms with E-state index in [1.54, 1.807) is 11.8 Å². The van der Waals surface area contributed by atoms with Crippen LogP contribution in [0, 0.1) is 0 Å². The lowest BCUT2D eigenvalue weighted by Crippen LogP contribution is -3.00. The summed E-state index contributed by atoms with van der Waals surface area (Å²) in [5.74, 6) is 0.208. The number of hydrogen-bond donors (Lipinski definition) is 0. The topological polar surface area (TPSA) is 20.3 Å². The average Bonchev–Trinajstić information content (AvgIpc) is 2.59. The fourth-order valence-corrected chi connectivity index (χ4v) is 4.86. The van der Waals surface area contributed by atoms with E-state index in [0.29, 0.717) is 6.54 Å². The van der Waals surface area contributed by atoms with Gasteiger partial charge in [0.05, 0.1) is 31.5 Å². The number of fused-ring (bicyclic) bond motifs is 2. The van der Waals surface area contributed by atoms with Gasteiger partial charge in [0.15, 0.2) is 6.54 Å². The summed E-state index contributed by atoms with van der Waals surface area (Å²) in [5, 5.41) is 0. The van der Waals surface area contributed by atoms with Crippen molar-refractivity contribution in [3.8, 4) is 0 Å². The second-order valence-corrected chi connectivity index (χ2v) is 8.14. The van der Waals surface area contributed by atoms with Gasteiger partial charge in [-0.1, -0.05) is 36.0 Å². The maximum absolute atomic E-state index is 13.3. The van der Waals surface area contributed by atoms with Crippen molar-refractivity contribution in [3.63, 3.8) is 0 Å². The highest BCUT2D eigenvalue weighted by molar-refractivity contribution is 7.99. The smallest absolute Gasteiger partial charge is 0.286 e. The van der Waals surface area contributed by atoms with Crippen molar-refractivity contribution in [2.24, 2.45) is 0 Å². The van der Waals surface area contributed by atoms with Gasteiger partial charge < -0.3 is 21.5 Å². The van der Waals surface area contributed by atoms with Gasteiger partial charge in [0.2, 0.25) is 0 Å². The Balaban J connectivity index is 0.00000182. The number of piperidine rings is 1. The monoisotopic (exact) mass is 418 g/mol. The molecule has 2 heterocycles. The minimum atomic E-state index is 0. The first-order valence-corrected chi connectivity index (χ1v) is 9.50. The summed E-state index contributed by atoms with van der Waals surface area (Å²) in [6, 6.07) is 16.5. The lowest BCUT2D eigenvalue weighted by Gasteiger charge is -2.39. The Kier molecular flexibility index (Phi) is 5.56. The molecule has 0 saturated carbocycles. The molecule has 1 amide bonds. The predicted molar refractivity (Wildman–Crippen MR) is 98.8 cm³/mol. The van der Waals surface area contributed by atoms with Gasteiger partial charge in [-0.25, -0.2) is 0 Å². The number of carbonyl (C=O) groups is 1. The van der Waals surface area contributed by atoms with Crippen LogP contribution >= 0.6 is 11.8 Å². The average molecular weight is 419 g/mol. The molecule has 3 nitrogen and oxygen atoms in total. The van der Waals surface area contributed by atoms with Gasteiger partial charge in [0.1, 0.15) is 0 Å². The number of likely N-dealkylation sites (N-methyl/N-ethyl adjacent to an activating group) is 1. The highest BCUT2D eigenvalue weighted by atomic mass is 79.9. The van der Waals surface area contributed by atoms with Gasteiger partial charge in [-0.2, -0.15) is 0 Å². The first-order valence-electron chi connectivity index (χ1n) is 8.69. The van der Waals surface area contributed by atoms with Gasteiger partial charge in [-0.05, 0) is 43.5 Å². The van der Waals surface area contributed by atoms with Gasteiger partial charge in [0.25, 0.3) is 5.91 Å². The molecule has 2 aromatic carbocycles. The van der Waals surface area contributed by atoms with Crippen LogP contribution in [0.15, 0.2) is 58.3 Å². The number of benzene rings is 2. The standard InChI is InChI=1S/C20H23N2OS.BrH/c1-22(13-7-2-8-14-22)15-20(23)21-16-9-3-5-11-18(16)24-19-12-6-4-10-17(19)21;/h3-6,9-12H,2,7-8,13-15H2,1H3;1H/q+1;/p-1. The third kappa shape index (κ3) is 3.64. The van der Waals surface area contributed by atoms with Crippen LogP contribution in [0.1, 0.15) is 19.3 Å². The first kappa shape index (κ1) is 18.5. The van der Waals surface area contributed by atoms with Crippen LogP contribution < -0.4 is 21.9 Å². The zero-order valence-corrected chi connectivity index (χ0v) is 16.9. The van der Waals surface area contributed by atoms with Crippen molar-refractivity contribution < 1.29 is 26.3 Å². The number of likely N-dealkylation sites (tertiary alicyclic amines) is 1. The van der Waals surface area contributed by atoms with Crippen molar-refractivity contribution in [2.45, 2.75) is 29.1 Å². The molecule has 1 fully saturated rings. The largest absolute Gasteiger partial charge is 1.00 e. The predicted octanol–water partition coefficient (Wildman–Crippen LogP) is 1.45. The summed E-state index contributed by atoms with van der Waals surface area (Å²) < 4.78 is 0.868. The van der Waals surface area contributed by atoms with E-state index in [0.717, 1.165) is 38.7 Å². The highest BCUT2D eigenvalue weighted by Crippen LogP contribution is 2.47. The molecule has 0 radical (unpaired) electrons. The molecule has 0 bridgehead atoms. The van der Waals surface area contributed by atoms with Crippen LogP contribution in [0.5, 0.6) is 0 Å².